The summed E-state index contributed by atoms with van der Waals surface area (Å²) in [6, 6.07) is 21.6. The number of aliphatic imine (C=N–C) groups is 1. The van der Waals surface area contributed by atoms with E-state index in [1.54, 1.807) is 11.3 Å². The van der Waals surface area contributed by atoms with Gasteiger partial charge in [0.25, 0.3) is 0 Å². The third kappa shape index (κ3) is 3.59. The topological polar surface area (TPSA) is 53.6 Å². The Balaban J connectivity index is 1.43. The van der Waals surface area contributed by atoms with Gasteiger partial charge in [0.05, 0.1) is 12.0 Å². The number of nitrogens with zero attached hydrogens (tertiary/aromatic N) is 4. The molecule has 0 fully saturated rings. The van der Waals surface area contributed by atoms with Crippen LogP contribution in [0.1, 0.15) is 11.3 Å². The SMILES string of the molecule is Cc1cccc(OCC2=NN3C(=S)N(c4ccccc4)C(c4ccco4)=NC3S2)c1. The Morgan fingerprint density at radius 1 is 1.10 bits per heavy atom. The predicted octanol–water partition coefficient (Wildman–Crippen LogP) is 4.86. The van der Waals surface area contributed by atoms with Crippen molar-refractivity contribution in [1.82, 2.24) is 5.01 Å². The lowest BCUT2D eigenvalue weighted by Gasteiger charge is -2.35. The molecule has 0 saturated carbocycles. The predicted molar refractivity (Wildman–Crippen MR) is 124 cm³/mol. The van der Waals surface area contributed by atoms with Crippen LogP contribution in [-0.2, 0) is 0 Å². The molecule has 2 aliphatic heterocycles. The number of rotatable bonds is 5. The summed E-state index contributed by atoms with van der Waals surface area (Å²) in [6.07, 6.45) is 1.63. The van der Waals surface area contributed by atoms with Crippen molar-refractivity contribution in [3.8, 4) is 5.75 Å². The third-order valence-corrected chi connectivity index (χ3v) is 5.97. The molecule has 2 aliphatic rings. The summed E-state index contributed by atoms with van der Waals surface area (Å²) in [6.45, 7) is 2.40. The minimum atomic E-state index is -0.284. The van der Waals surface area contributed by atoms with Crippen LogP contribution >= 0.6 is 24.0 Å². The molecule has 0 spiro atoms. The number of thiocarbonyl (C=S) groups is 1. The molecule has 3 aromatic rings. The van der Waals surface area contributed by atoms with Crippen LogP contribution in [0.3, 0.4) is 0 Å². The van der Waals surface area contributed by atoms with Gasteiger partial charge >= 0.3 is 0 Å². The lowest BCUT2D eigenvalue weighted by atomic mass is 10.2. The van der Waals surface area contributed by atoms with E-state index >= 15 is 0 Å². The number of hydrazone groups is 1. The number of ether oxygens (including phenoxy) is 1. The Labute approximate surface area is 183 Å². The van der Waals surface area contributed by atoms with E-state index in [1.807, 2.05) is 78.6 Å². The first-order valence-corrected chi connectivity index (χ1v) is 10.7. The van der Waals surface area contributed by atoms with Crippen LogP contribution in [0, 0.1) is 6.92 Å². The number of para-hydroxylation sites is 1. The number of thioether (sulfide) groups is 1. The van der Waals surface area contributed by atoms with Crippen molar-refractivity contribution in [3.05, 3.63) is 84.3 Å². The van der Waals surface area contributed by atoms with Gasteiger partial charge in [0.1, 0.15) is 17.4 Å². The highest BCUT2D eigenvalue weighted by molar-refractivity contribution is 8.14. The van der Waals surface area contributed by atoms with E-state index in [2.05, 4.69) is 5.10 Å². The zero-order valence-corrected chi connectivity index (χ0v) is 17.8. The molecule has 0 aliphatic carbocycles. The highest BCUT2D eigenvalue weighted by atomic mass is 32.2. The summed E-state index contributed by atoms with van der Waals surface area (Å²) in [5.41, 5.74) is 1.77. The van der Waals surface area contributed by atoms with Crippen molar-refractivity contribution < 1.29 is 9.15 Å². The second kappa shape index (κ2) is 7.97. The second-order valence-corrected chi connectivity index (χ2v) is 8.26. The summed E-state index contributed by atoms with van der Waals surface area (Å²) in [7, 11) is 0. The normalized spacial score (nSPS) is 18.2. The molecule has 1 unspecified atom stereocenters. The smallest absolute Gasteiger partial charge is 0.205 e. The molecule has 1 atom stereocenters. The average molecular weight is 435 g/mol. The van der Waals surface area contributed by atoms with Gasteiger partial charge in [0.2, 0.25) is 5.11 Å². The molecule has 8 heteroatoms. The van der Waals surface area contributed by atoms with Crippen LogP contribution in [0.15, 0.2) is 87.5 Å². The number of amidine groups is 1. The minimum Gasteiger partial charge on any atom is -0.487 e. The summed E-state index contributed by atoms with van der Waals surface area (Å²) in [4.78, 5) is 6.78. The van der Waals surface area contributed by atoms with E-state index in [4.69, 9.17) is 26.4 Å². The van der Waals surface area contributed by atoms with E-state index in [-0.39, 0.29) is 5.50 Å². The standard InChI is InChI=1S/C22H18N4O2S2/c1-15-7-5-10-17(13-15)28-14-19-24-26-21(30-19)23-20(18-11-6-12-27-18)25(22(26)29)16-8-3-2-4-9-16/h2-13,21H,14H2,1H3. The van der Waals surface area contributed by atoms with Crippen LogP contribution in [0.25, 0.3) is 0 Å². The van der Waals surface area contributed by atoms with Crippen LogP contribution in [-0.4, -0.2) is 33.1 Å². The summed E-state index contributed by atoms with van der Waals surface area (Å²) < 4.78 is 11.6. The average Bonchev–Trinajstić information content (AvgIpc) is 3.43. The molecule has 30 heavy (non-hydrogen) atoms. The molecule has 0 N–H and O–H groups in total. The van der Waals surface area contributed by atoms with Gasteiger partial charge < -0.3 is 9.15 Å². The Hall–Kier alpha value is -3.10. The minimum absolute atomic E-state index is 0.284. The van der Waals surface area contributed by atoms with Crippen molar-refractivity contribution in [1.29, 1.82) is 0 Å². The molecule has 2 aromatic carbocycles. The highest BCUT2D eigenvalue weighted by Crippen LogP contribution is 2.35. The fourth-order valence-electron chi connectivity index (χ4n) is 3.24. The molecular weight excluding hydrogens is 416 g/mol. The monoisotopic (exact) mass is 434 g/mol. The summed E-state index contributed by atoms with van der Waals surface area (Å²) in [5, 5.41) is 7.81. The van der Waals surface area contributed by atoms with Crippen LogP contribution in [0.2, 0.25) is 0 Å². The van der Waals surface area contributed by atoms with Crippen molar-refractivity contribution in [2.75, 3.05) is 11.5 Å². The van der Waals surface area contributed by atoms with Gasteiger partial charge in [-0.3, -0.25) is 4.90 Å². The largest absolute Gasteiger partial charge is 0.487 e. The number of hydrogen-bond acceptors (Lipinski definition) is 6. The first-order valence-electron chi connectivity index (χ1n) is 9.43. The number of aryl methyl sites for hydroxylation is 1. The first kappa shape index (κ1) is 18.9. The molecule has 3 heterocycles. The maximum absolute atomic E-state index is 5.92. The van der Waals surface area contributed by atoms with Crippen LogP contribution < -0.4 is 9.64 Å². The Kier molecular flexibility index (Phi) is 5.02. The van der Waals surface area contributed by atoms with E-state index in [9.17, 15) is 0 Å². The second-order valence-electron chi connectivity index (χ2n) is 6.77. The van der Waals surface area contributed by atoms with Gasteiger partial charge in [0, 0.05) is 0 Å². The van der Waals surface area contributed by atoms with E-state index < -0.39 is 0 Å². The van der Waals surface area contributed by atoms with E-state index in [1.165, 1.54) is 11.8 Å². The molecule has 0 saturated heterocycles. The van der Waals surface area contributed by atoms with Crippen molar-refractivity contribution in [3.63, 3.8) is 0 Å². The molecule has 1 aromatic heterocycles. The number of anilines is 1. The third-order valence-electron chi connectivity index (χ3n) is 4.61. The zero-order valence-electron chi connectivity index (χ0n) is 16.1. The molecule has 6 nitrogen and oxygen atoms in total. The van der Waals surface area contributed by atoms with E-state index in [0.29, 0.717) is 23.3 Å². The molecule has 150 valence electrons. The fourth-order valence-corrected chi connectivity index (χ4v) is 4.54. The van der Waals surface area contributed by atoms with Crippen molar-refractivity contribution in [2.45, 2.75) is 12.4 Å². The van der Waals surface area contributed by atoms with Crippen molar-refractivity contribution in [2.24, 2.45) is 10.1 Å². The van der Waals surface area contributed by atoms with Crippen LogP contribution in [0.4, 0.5) is 5.69 Å². The molecular formula is C22H18N4O2S2. The molecule has 0 radical (unpaired) electrons. The van der Waals surface area contributed by atoms with Crippen molar-refractivity contribution >= 4 is 45.7 Å². The zero-order chi connectivity index (χ0) is 20.5. The van der Waals surface area contributed by atoms with Crippen LogP contribution in [0.5, 0.6) is 5.75 Å². The van der Waals surface area contributed by atoms with Gasteiger partial charge in [-0.25, -0.2) is 10.0 Å². The maximum Gasteiger partial charge on any atom is 0.205 e. The Bertz CT molecular complexity index is 1130. The summed E-state index contributed by atoms with van der Waals surface area (Å²) >= 11 is 7.34. The van der Waals surface area contributed by atoms with E-state index in [0.717, 1.165) is 22.0 Å². The lowest BCUT2D eigenvalue weighted by molar-refractivity contribution is 0.374. The first-order chi connectivity index (χ1) is 14.7. The fraction of sp³-hybridized carbons (Fsp3) is 0.136. The quantitative estimate of drug-likeness (QED) is 0.535. The molecule has 0 amide bonds. The number of furan rings is 1. The van der Waals surface area contributed by atoms with Gasteiger partial charge in [-0.05, 0) is 61.1 Å². The Morgan fingerprint density at radius 2 is 1.97 bits per heavy atom. The van der Waals surface area contributed by atoms with Gasteiger partial charge in [0.15, 0.2) is 17.1 Å². The maximum atomic E-state index is 5.92. The number of benzene rings is 2. The number of hydrogen-bond donors (Lipinski definition) is 0. The van der Waals surface area contributed by atoms with Gasteiger partial charge in [-0.15, -0.1) is 0 Å². The molecule has 5 rings (SSSR count). The lowest BCUT2D eigenvalue weighted by Crippen LogP contribution is -2.50. The van der Waals surface area contributed by atoms with Gasteiger partial charge in [-0.1, -0.05) is 42.1 Å². The molecule has 0 bridgehead atoms. The highest BCUT2D eigenvalue weighted by Gasteiger charge is 2.40. The van der Waals surface area contributed by atoms with Gasteiger partial charge in [-0.2, -0.15) is 5.10 Å². The Morgan fingerprint density at radius 3 is 2.73 bits per heavy atom. The summed E-state index contributed by atoms with van der Waals surface area (Å²) in [5.74, 6) is 2.14. The number of fused-ring (bicyclic) bond motifs is 1.